The second-order valence-electron chi connectivity index (χ2n) is 6.85. The predicted octanol–water partition coefficient (Wildman–Crippen LogP) is 3.33. The molecule has 0 fully saturated rings. The van der Waals surface area contributed by atoms with Gasteiger partial charge in [-0.2, -0.15) is 4.79 Å². The number of ketones is 1. The minimum Gasteiger partial charge on any atom is -0.493 e. The first-order chi connectivity index (χ1) is 15.0. The molecule has 2 aromatic carbocycles. The smallest absolute Gasteiger partial charge is 0.422 e. The summed E-state index contributed by atoms with van der Waals surface area (Å²) in [6.07, 6.45) is 0.480. The van der Waals surface area contributed by atoms with Crippen molar-refractivity contribution in [2.24, 2.45) is 0 Å². The van der Waals surface area contributed by atoms with Crippen LogP contribution in [0.4, 0.5) is 5.69 Å². The Morgan fingerprint density at radius 2 is 1.90 bits per heavy atom. The van der Waals surface area contributed by atoms with Crippen molar-refractivity contribution >= 4 is 23.1 Å². The fourth-order valence-electron chi connectivity index (χ4n) is 3.02. The number of ether oxygens (including phenoxy) is 1. The maximum atomic E-state index is 12.5. The van der Waals surface area contributed by atoms with E-state index in [1.165, 1.54) is 0 Å². The van der Waals surface area contributed by atoms with Gasteiger partial charge in [0.2, 0.25) is 0 Å². The number of carbonyl (C=O) groups is 2. The minimum atomic E-state index is -0.774. The average Bonchev–Trinajstić information content (AvgIpc) is 3.06. The summed E-state index contributed by atoms with van der Waals surface area (Å²) in [5, 5.41) is 2.53. The van der Waals surface area contributed by atoms with E-state index < -0.39 is 17.4 Å². The van der Waals surface area contributed by atoms with Gasteiger partial charge in [-0.15, -0.1) is 0 Å². The number of nitrogens with one attached hydrogen (secondary N) is 1. The number of benzene rings is 2. The summed E-state index contributed by atoms with van der Waals surface area (Å²) in [4.78, 5) is 32.0. The number of aryl methyl sites for hydroxylation is 2. The van der Waals surface area contributed by atoms with Gasteiger partial charge in [0.05, 0.1) is 12.3 Å². The molecule has 8 nitrogen and oxygen atoms in total. The van der Waals surface area contributed by atoms with Crippen molar-refractivity contribution in [3.8, 4) is 5.75 Å². The molecule has 0 bridgehead atoms. The zero-order valence-corrected chi connectivity index (χ0v) is 17.3. The van der Waals surface area contributed by atoms with Gasteiger partial charge < -0.3 is 20.0 Å². The number of aromatic nitrogens is 1. The number of rotatable bonds is 9. The molecule has 1 N–H and O–H groups in total. The number of nitrogens with zero attached hydrogens (tertiary/aromatic N) is 3. The molecule has 1 aromatic heterocycles. The van der Waals surface area contributed by atoms with Crippen molar-refractivity contribution in [3.05, 3.63) is 83.0 Å². The van der Waals surface area contributed by atoms with E-state index in [9.17, 15) is 15.1 Å². The monoisotopic (exact) mass is 418 g/mol. The number of Topliss-reactive ketones (excluding diaryl/α,β-unsaturated/α-hetero) is 1. The number of para-hydroxylation sites is 1. The van der Waals surface area contributed by atoms with Gasteiger partial charge in [0.25, 0.3) is 5.78 Å². The molecule has 0 unspecified atom stereocenters. The number of hydrogen-bond acceptors (Lipinski definition) is 5. The normalized spacial score (nSPS) is 10.3. The van der Waals surface area contributed by atoms with Crippen molar-refractivity contribution in [2.75, 3.05) is 11.9 Å². The van der Waals surface area contributed by atoms with Crippen LogP contribution in [0.5, 0.6) is 5.75 Å². The van der Waals surface area contributed by atoms with Crippen molar-refractivity contribution in [2.45, 2.75) is 26.7 Å². The Morgan fingerprint density at radius 1 is 1.13 bits per heavy atom. The van der Waals surface area contributed by atoms with E-state index >= 15 is 0 Å². The molecule has 0 spiro atoms. The SMILES string of the molecule is Cc1nc(CCOc2cccc(CC(=O)C(=[N+]=[N-])C(=O)Nc3ccccc3)c2)c(C)o1. The lowest BCUT2D eigenvalue weighted by Gasteiger charge is -2.07. The van der Waals surface area contributed by atoms with Gasteiger partial charge in [0.1, 0.15) is 11.5 Å². The molecule has 3 rings (SSSR count). The van der Waals surface area contributed by atoms with Crippen LogP contribution in [-0.4, -0.2) is 33.8 Å². The summed E-state index contributed by atoms with van der Waals surface area (Å²) in [7, 11) is 0. The quantitative estimate of drug-likeness (QED) is 0.247. The van der Waals surface area contributed by atoms with Crippen molar-refractivity contribution in [1.82, 2.24) is 4.98 Å². The fourth-order valence-corrected chi connectivity index (χ4v) is 3.02. The van der Waals surface area contributed by atoms with Crippen molar-refractivity contribution in [3.63, 3.8) is 0 Å². The number of anilines is 1. The highest BCUT2D eigenvalue weighted by molar-refractivity contribution is 6.65. The standard InChI is InChI=1S/C23H22N4O4/c1-15-20(25-16(2)31-15)11-12-30-19-10-6-7-17(13-19)14-21(28)22(27-24)23(29)26-18-8-4-3-5-9-18/h3-10,13H,11-12,14H2,1-2H3,(H,26,29). The third kappa shape index (κ3) is 5.98. The van der Waals surface area contributed by atoms with Crippen LogP contribution in [0, 0.1) is 13.8 Å². The van der Waals surface area contributed by atoms with Crippen LogP contribution in [0.25, 0.3) is 5.53 Å². The summed E-state index contributed by atoms with van der Waals surface area (Å²) in [5.41, 5.74) is 10.6. The van der Waals surface area contributed by atoms with Gasteiger partial charge >= 0.3 is 11.6 Å². The molecular weight excluding hydrogens is 396 g/mol. The fraction of sp³-hybridized carbons (Fsp3) is 0.217. The topological polar surface area (TPSA) is 118 Å². The van der Waals surface area contributed by atoms with E-state index in [4.69, 9.17) is 9.15 Å². The molecule has 0 aliphatic carbocycles. The Bertz CT molecular complexity index is 1130. The van der Waals surface area contributed by atoms with Crippen LogP contribution in [-0.2, 0) is 22.4 Å². The van der Waals surface area contributed by atoms with Gasteiger partial charge in [-0.25, -0.2) is 4.98 Å². The van der Waals surface area contributed by atoms with Gasteiger partial charge in [-0.3, -0.25) is 9.59 Å². The molecule has 0 aliphatic rings. The predicted molar refractivity (Wildman–Crippen MR) is 114 cm³/mol. The number of carbonyl (C=O) groups excluding carboxylic acids is 2. The average molecular weight is 418 g/mol. The largest absolute Gasteiger partial charge is 0.493 e. The van der Waals surface area contributed by atoms with E-state index in [1.807, 2.05) is 6.92 Å². The molecule has 0 atom stereocenters. The first-order valence-electron chi connectivity index (χ1n) is 9.72. The molecule has 1 amide bonds. The number of hydrogen-bond donors (Lipinski definition) is 1. The highest BCUT2D eigenvalue weighted by Crippen LogP contribution is 2.16. The first-order valence-corrected chi connectivity index (χ1v) is 9.72. The highest BCUT2D eigenvalue weighted by atomic mass is 16.5. The molecular formula is C23H22N4O4. The Kier molecular flexibility index (Phi) is 7.09. The Balaban J connectivity index is 1.58. The lowest BCUT2D eigenvalue weighted by molar-refractivity contribution is -0.122. The molecule has 0 saturated heterocycles. The molecule has 3 aromatic rings. The van der Waals surface area contributed by atoms with Gasteiger partial charge in [0, 0.05) is 25.5 Å². The van der Waals surface area contributed by atoms with Crippen LogP contribution in [0.3, 0.4) is 0 Å². The molecule has 8 heteroatoms. The molecule has 0 aliphatic heterocycles. The molecule has 0 saturated carbocycles. The number of amides is 1. The first kappa shape index (κ1) is 21.7. The number of oxazole rings is 1. The molecule has 158 valence electrons. The van der Waals surface area contributed by atoms with Gasteiger partial charge in [-0.1, -0.05) is 30.3 Å². The van der Waals surface area contributed by atoms with E-state index in [1.54, 1.807) is 61.5 Å². The van der Waals surface area contributed by atoms with E-state index in [-0.39, 0.29) is 6.42 Å². The zero-order chi connectivity index (χ0) is 22.2. The lowest BCUT2D eigenvalue weighted by Crippen LogP contribution is -2.32. The van der Waals surface area contributed by atoms with Gasteiger partial charge in [0.15, 0.2) is 5.89 Å². The third-order valence-electron chi connectivity index (χ3n) is 4.48. The van der Waals surface area contributed by atoms with Gasteiger partial charge in [-0.05, 0) is 36.8 Å². The van der Waals surface area contributed by atoms with Crippen LogP contribution in [0.15, 0.2) is 59.0 Å². The summed E-state index contributed by atoms with van der Waals surface area (Å²) in [6, 6.07) is 15.6. The maximum absolute atomic E-state index is 12.5. The second kappa shape index (κ2) is 10.1. The van der Waals surface area contributed by atoms with Crippen LogP contribution < -0.4 is 10.1 Å². The summed E-state index contributed by atoms with van der Waals surface area (Å²) in [5.74, 6) is 0.585. The molecule has 1 heterocycles. The van der Waals surface area contributed by atoms with Crippen LogP contribution >= 0.6 is 0 Å². The summed E-state index contributed by atoms with van der Waals surface area (Å²) in [6.45, 7) is 4.05. The van der Waals surface area contributed by atoms with Crippen LogP contribution in [0.2, 0.25) is 0 Å². The third-order valence-corrected chi connectivity index (χ3v) is 4.48. The van der Waals surface area contributed by atoms with E-state index in [2.05, 4.69) is 15.1 Å². The van der Waals surface area contributed by atoms with E-state index in [0.717, 1.165) is 11.5 Å². The Hall–Kier alpha value is -4.03. The lowest BCUT2D eigenvalue weighted by atomic mass is 10.1. The zero-order valence-electron chi connectivity index (χ0n) is 17.3. The minimum absolute atomic E-state index is 0.111. The van der Waals surface area contributed by atoms with Crippen molar-refractivity contribution < 1.29 is 23.5 Å². The summed E-state index contributed by atoms with van der Waals surface area (Å²) < 4.78 is 11.2. The Labute approximate surface area is 179 Å². The van der Waals surface area contributed by atoms with Crippen LogP contribution in [0.1, 0.15) is 22.9 Å². The summed E-state index contributed by atoms with van der Waals surface area (Å²) >= 11 is 0. The second-order valence-corrected chi connectivity index (χ2v) is 6.85. The molecule has 31 heavy (non-hydrogen) atoms. The Morgan fingerprint density at radius 3 is 2.58 bits per heavy atom. The van der Waals surface area contributed by atoms with E-state index in [0.29, 0.717) is 35.9 Å². The molecule has 0 radical (unpaired) electrons. The van der Waals surface area contributed by atoms with Crippen molar-refractivity contribution in [1.29, 1.82) is 0 Å². The maximum Gasteiger partial charge on any atom is 0.422 e. The highest BCUT2D eigenvalue weighted by Gasteiger charge is 2.29.